The van der Waals surface area contributed by atoms with E-state index >= 15 is 0 Å². The summed E-state index contributed by atoms with van der Waals surface area (Å²) in [6.45, 7) is 2.21. The molecule has 21 heavy (non-hydrogen) atoms. The van der Waals surface area contributed by atoms with Crippen molar-refractivity contribution in [1.29, 1.82) is 0 Å². The van der Waals surface area contributed by atoms with Crippen molar-refractivity contribution in [2.24, 2.45) is 0 Å². The Labute approximate surface area is 140 Å². The van der Waals surface area contributed by atoms with Crippen LogP contribution in [-0.2, 0) is 28.2 Å². The van der Waals surface area contributed by atoms with Gasteiger partial charge in [-0.25, -0.2) is 0 Å². The average Bonchev–Trinajstić information content (AvgIpc) is 2.31. The van der Waals surface area contributed by atoms with Crippen LogP contribution in [0.1, 0.15) is 12.8 Å². The van der Waals surface area contributed by atoms with Crippen molar-refractivity contribution in [3.05, 3.63) is 0 Å². The number of carbonyl (C=O) groups excluding carboxylic acids is 2. The van der Waals surface area contributed by atoms with E-state index in [1.54, 1.807) is 0 Å². The second-order valence-corrected chi connectivity index (χ2v) is 9.08. The summed E-state index contributed by atoms with van der Waals surface area (Å²) in [5.74, 6) is -0.976. The smallest absolute Gasteiger partial charge is 0.799 e. The minimum atomic E-state index is -3.28. The summed E-state index contributed by atoms with van der Waals surface area (Å²) in [5.41, 5.74) is 0. The molecule has 0 amide bonds. The van der Waals surface area contributed by atoms with Gasteiger partial charge in [-0.3, -0.25) is 9.59 Å². The zero-order chi connectivity index (χ0) is 16.4. The molecule has 0 saturated carbocycles. The van der Waals surface area contributed by atoms with E-state index < -0.39 is 26.7 Å². The van der Waals surface area contributed by atoms with E-state index in [4.69, 9.17) is 0 Å². The molecule has 2 unspecified atom stereocenters. The molecule has 0 aliphatic carbocycles. The van der Waals surface area contributed by atoms with Crippen LogP contribution in [0.5, 0.6) is 0 Å². The Bertz CT molecular complexity index is 362. The molecular weight excluding hydrogens is 334 g/mol. The summed E-state index contributed by atoms with van der Waals surface area (Å²) in [5, 5.41) is 0. The summed E-state index contributed by atoms with van der Waals surface area (Å²) in [6.07, 6.45) is -0.319. The second kappa shape index (κ2) is 12.6. The molecule has 0 aliphatic rings. The number of hydrogen-bond donors (Lipinski definition) is 0. The first-order chi connectivity index (χ1) is 8.91. The molecule has 0 fully saturated rings. The third-order valence-corrected chi connectivity index (χ3v) is 3.97. The average molecular weight is 355 g/mol. The largest absolute Gasteiger partial charge is 2.00 e. The topological polar surface area (TPSA) is 133 Å². The van der Waals surface area contributed by atoms with Gasteiger partial charge in [0.1, 0.15) is 0 Å². The molecule has 0 spiro atoms. The maximum Gasteiger partial charge on any atom is 2.00 e. The Hall–Kier alpha value is 0.0862. The van der Waals surface area contributed by atoms with Crippen molar-refractivity contribution in [1.82, 2.24) is 0 Å². The van der Waals surface area contributed by atoms with Crippen molar-refractivity contribution in [3.63, 3.8) is 0 Å². The second-order valence-electron chi connectivity index (χ2n) is 4.13. The Morgan fingerprint density at radius 3 is 1.24 bits per heavy atom. The molecule has 0 N–H and O–H groups in total. The van der Waals surface area contributed by atoms with Gasteiger partial charge in [0.15, 0.2) is 0 Å². The summed E-state index contributed by atoms with van der Waals surface area (Å²) < 4.78 is 29.4. The van der Waals surface area contributed by atoms with Gasteiger partial charge in [0.2, 0.25) is 0 Å². The molecule has 0 aromatic rings. The van der Waals surface area contributed by atoms with Crippen LogP contribution >= 0.6 is 14.7 Å². The Kier molecular flexibility index (Phi) is 15.6. The Morgan fingerprint density at radius 1 is 0.857 bits per heavy atom. The molecule has 0 rings (SSSR count). The number of rotatable bonds is 6. The van der Waals surface area contributed by atoms with Gasteiger partial charge in [-0.15, -0.1) is 0 Å². The summed E-state index contributed by atoms with van der Waals surface area (Å²) in [6, 6.07) is 0. The van der Waals surface area contributed by atoms with Gasteiger partial charge >= 0.3 is 35.0 Å². The zero-order valence-electron chi connectivity index (χ0n) is 12.7. The first-order valence-electron chi connectivity index (χ1n) is 5.60. The van der Waals surface area contributed by atoms with E-state index in [1.165, 1.54) is 14.2 Å². The molecule has 0 aliphatic heterocycles. The van der Waals surface area contributed by atoms with Crippen molar-refractivity contribution >= 4 is 49.7 Å². The maximum atomic E-state index is 10.5. The molecule has 8 nitrogen and oxygen atoms in total. The molecule has 2 atom stereocenters. The van der Waals surface area contributed by atoms with E-state index in [1.807, 2.05) is 0 Å². The Morgan fingerprint density at radius 2 is 1.10 bits per heavy atom. The van der Waals surface area contributed by atoms with Gasteiger partial charge in [0.25, 0.3) is 0 Å². The van der Waals surface area contributed by atoms with Crippen LogP contribution in [0.2, 0.25) is 0 Å². The molecular formula is C10H20MgO8P2. The van der Waals surface area contributed by atoms with Gasteiger partial charge in [0, 0.05) is 14.7 Å². The van der Waals surface area contributed by atoms with Crippen LogP contribution in [0.3, 0.4) is 0 Å². The van der Waals surface area contributed by atoms with Gasteiger partial charge < -0.3 is 28.4 Å². The van der Waals surface area contributed by atoms with Gasteiger partial charge in [-0.1, -0.05) is 0 Å². The van der Waals surface area contributed by atoms with Crippen LogP contribution in [0.4, 0.5) is 0 Å². The fourth-order valence-electron chi connectivity index (χ4n) is 0.793. The molecule has 0 saturated heterocycles. The van der Waals surface area contributed by atoms with Crippen LogP contribution < -0.4 is 9.79 Å². The van der Waals surface area contributed by atoms with Crippen molar-refractivity contribution in [2.45, 2.75) is 12.8 Å². The van der Waals surface area contributed by atoms with Gasteiger partial charge in [0.05, 0.1) is 27.1 Å². The summed E-state index contributed by atoms with van der Waals surface area (Å²) >= 11 is 0. The normalized spacial score (nSPS) is 15.1. The molecule has 120 valence electrons. The number of ether oxygens (including phenoxy) is 2. The van der Waals surface area contributed by atoms with Crippen molar-refractivity contribution < 1.29 is 38.0 Å². The van der Waals surface area contributed by atoms with Crippen LogP contribution in [-0.4, -0.2) is 74.9 Å². The number of methoxy groups -OCH3 is 2. The van der Waals surface area contributed by atoms with E-state index in [0.29, 0.717) is 0 Å². The molecule has 0 radical (unpaired) electrons. The van der Waals surface area contributed by atoms with E-state index in [0.717, 1.165) is 13.3 Å². The number of carbonyl (C=O) groups is 2. The van der Waals surface area contributed by atoms with Crippen LogP contribution in [0, 0.1) is 0 Å². The van der Waals surface area contributed by atoms with Crippen LogP contribution in [0.15, 0.2) is 0 Å². The molecule has 0 aromatic carbocycles. The van der Waals surface area contributed by atoms with Crippen molar-refractivity contribution in [3.8, 4) is 0 Å². The third kappa shape index (κ3) is 25.4. The molecule has 0 aromatic heterocycles. The number of hydrogen-bond acceptors (Lipinski definition) is 8. The number of esters is 2. The molecule has 0 bridgehead atoms. The quantitative estimate of drug-likeness (QED) is 0.346. The minimum Gasteiger partial charge on any atom is -0.799 e. The first kappa shape index (κ1) is 26.0. The SMILES string of the molecule is COC(=O)CCP(C)(=O)[O-].COC(=O)CCP(C)(=O)[O-].[Mg+2]. The van der Waals surface area contributed by atoms with Gasteiger partial charge in [-0.2, -0.15) is 0 Å². The Balaban J connectivity index is -0.000000295. The first-order valence-corrected chi connectivity index (χ1v) is 10.1. The zero-order valence-corrected chi connectivity index (χ0v) is 15.9. The van der Waals surface area contributed by atoms with Crippen LogP contribution in [0.25, 0.3) is 0 Å². The standard InChI is InChI=1S/2C5H11O4P.Mg/c2*1-9-5(6)3-4-10(2,7)8;/h2*3-4H2,1-2H3,(H,7,8);/q;;+2/p-2. The minimum absolute atomic E-state index is 0. The molecule has 11 heteroatoms. The maximum absolute atomic E-state index is 10.5. The predicted octanol–water partition coefficient (Wildman–Crippen LogP) is -0.745. The van der Waals surface area contributed by atoms with E-state index in [2.05, 4.69) is 9.47 Å². The van der Waals surface area contributed by atoms with Crippen molar-refractivity contribution in [2.75, 3.05) is 39.9 Å². The van der Waals surface area contributed by atoms with E-state index in [-0.39, 0.29) is 48.2 Å². The third-order valence-electron chi connectivity index (χ3n) is 1.90. The summed E-state index contributed by atoms with van der Waals surface area (Å²) in [7, 11) is -4.11. The monoisotopic (exact) mass is 354 g/mol. The molecule has 0 heterocycles. The predicted molar refractivity (Wildman–Crippen MR) is 75.8 cm³/mol. The summed E-state index contributed by atoms with van der Waals surface area (Å²) in [4.78, 5) is 41.7. The fraction of sp³-hybridized carbons (Fsp3) is 0.800. The fourth-order valence-corrected chi connectivity index (χ4v) is 1.97. The van der Waals surface area contributed by atoms with Gasteiger partial charge in [-0.05, 0) is 25.7 Å². The van der Waals surface area contributed by atoms with E-state index in [9.17, 15) is 28.5 Å².